The number of rotatable bonds is 4. The van der Waals surface area contributed by atoms with Crippen LogP contribution < -0.4 is 0 Å². The van der Waals surface area contributed by atoms with Gasteiger partial charge in [0, 0.05) is 11.8 Å². The molecule has 0 spiro atoms. The number of fused-ring (bicyclic) bond motifs is 1. The van der Waals surface area contributed by atoms with Gasteiger partial charge in [-0.25, -0.2) is 0 Å². The van der Waals surface area contributed by atoms with Crippen LogP contribution in [0.15, 0.2) is 23.8 Å². The fourth-order valence-corrected chi connectivity index (χ4v) is 3.36. The molecule has 0 heterocycles. The van der Waals surface area contributed by atoms with E-state index in [0.717, 1.165) is 24.7 Å². The topological polar surface area (TPSA) is 43.4 Å². The summed E-state index contributed by atoms with van der Waals surface area (Å²) in [5.74, 6) is 0.296. The van der Waals surface area contributed by atoms with Gasteiger partial charge in [0.15, 0.2) is 0 Å². The Morgan fingerprint density at radius 1 is 1.41 bits per heavy atom. The summed E-state index contributed by atoms with van der Waals surface area (Å²) in [5, 5.41) is 0. The number of hydrogen-bond acceptors (Lipinski definition) is 3. The molecule has 122 valence electrons. The summed E-state index contributed by atoms with van der Waals surface area (Å²) >= 11 is 0. The van der Waals surface area contributed by atoms with Crippen LogP contribution in [0.1, 0.15) is 47.5 Å². The number of esters is 1. The van der Waals surface area contributed by atoms with Crippen molar-refractivity contribution >= 4 is 12.3 Å². The third kappa shape index (κ3) is 3.18. The molecule has 22 heavy (non-hydrogen) atoms. The number of allylic oxidation sites excluding steroid dienone is 3. The monoisotopic (exact) mass is 304 g/mol. The van der Waals surface area contributed by atoms with Crippen LogP contribution >= 0.6 is 0 Å². The van der Waals surface area contributed by atoms with Crippen LogP contribution in [0.25, 0.3) is 0 Å². The first-order chi connectivity index (χ1) is 10.3. The second-order valence-corrected chi connectivity index (χ2v) is 7.52. The molecule has 0 radical (unpaired) electrons. The van der Waals surface area contributed by atoms with E-state index in [-0.39, 0.29) is 29.8 Å². The van der Waals surface area contributed by atoms with E-state index >= 15 is 0 Å². The van der Waals surface area contributed by atoms with Crippen molar-refractivity contribution in [1.29, 1.82) is 0 Å². The summed E-state index contributed by atoms with van der Waals surface area (Å²) < 4.78 is 5.89. The average molecular weight is 304 g/mol. The van der Waals surface area contributed by atoms with Gasteiger partial charge in [0.1, 0.15) is 12.4 Å². The van der Waals surface area contributed by atoms with Crippen LogP contribution in [-0.2, 0) is 14.3 Å². The van der Waals surface area contributed by atoms with Crippen LogP contribution in [-0.4, -0.2) is 18.4 Å². The van der Waals surface area contributed by atoms with Crippen molar-refractivity contribution < 1.29 is 14.3 Å². The number of aldehydes is 1. The first-order valence-corrected chi connectivity index (χ1v) is 8.36. The summed E-state index contributed by atoms with van der Waals surface area (Å²) in [6.45, 7) is 10.0. The van der Waals surface area contributed by atoms with Gasteiger partial charge in [0.25, 0.3) is 0 Å². The van der Waals surface area contributed by atoms with Crippen molar-refractivity contribution in [3.8, 4) is 0 Å². The van der Waals surface area contributed by atoms with Crippen LogP contribution in [0, 0.1) is 29.1 Å². The predicted octanol–water partition coefficient (Wildman–Crippen LogP) is 3.94. The molecule has 0 fully saturated rings. The first kappa shape index (κ1) is 17.0. The normalized spacial score (nSPS) is 34.6. The highest BCUT2D eigenvalue weighted by Crippen LogP contribution is 2.42. The molecule has 2 aliphatic carbocycles. The third-order valence-electron chi connectivity index (χ3n) is 5.33. The maximum absolute atomic E-state index is 12.5. The molecule has 0 saturated carbocycles. The molecular formula is C19H28O3. The zero-order chi connectivity index (χ0) is 16.5. The minimum absolute atomic E-state index is 0.00491. The molecule has 0 saturated heterocycles. The van der Waals surface area contributed by atoms with Crippen molar-refractivity contribution in [1.82, 2.24) is 0 Å². The van der Waals surface area contributed by atoms with Crippen LogP contribution in [0.4, 0.5) is 0 Å². The van der Waals surface area contributed by atoms with Crippen LogP contribution in [0.3, 0.4) is 0 Å². The largest absolute Gasteiger partial charge is 0.461 e. The van der Waals surface area contributed by atoms with Crippen LogP contribution in [0.2, 0.25) is 0 Å². The molecule has 0 amide bonds. The smallest absolute Gasteiger partial charge is 0.311 e. The van der Waals surface area contributed by atoms with E-state index < -0.39 is 5.41 Å². The molecule has 3 heteroatoms. The van der Waals surface area contributed by atoms with E-state index in [4.69, 9.17) is 4.74 Å². The van der Waals surface area contributed by atoms with Gasteiger partial charge in [-0.05, 0) is 44.1 Å². The fourth-order valence-electron chi connectivity index (χ4n) is 3.36. The van der Waals surface area contributed by atoms with E-state index in [2.05, 4.69) is 32.1 Å². The number of ether oxygens (including phenoxy) is 1. The van der Waals surface area contributed by atoms with Crippen molar-refractivity contribution in [2.24, 2.45) is 29.1 Å². The Morgan fingerprint density at radius 3 is 2.68 bits per heavy atom. The second kappa shape index (κ2) is 6.39. The van der Waals surface area contributed by atoms with Gasteiger partial charge in [0.05, 0.1) is 5.41 Å². The zero-order valence-corrected chi connectivity index (χ0v) is 14.3. The lowest BCUT2D eigenvalue weighted by molar-refractivity contribution is -0.165. The van der Waals surface area contributed by atoms with E-state index in [1.165, 1.54) is 0 Å². The second-order valence-electron chi connectivity index (χ2n) is 7.52. The Balaban J connectivity index is 2.28. The lowest BCUT2D eigenvalue weighted by Gasteiger charge is -2.41. The molecule has 0 aromatic heterocycles. The van der Waals surface area contributed by atoms with E-state index in [0.29, 0.717) is 5.92 Å². The maximum atomic E-state index is 12.5. The van der Waals surface area contributed by atoms with Crippen molar-refractivity contribution in [3.05, 3.63) is 23.8 Å². The lowest BCUT2D eigenvalue weighted by atomic mass is 9.67. The van der Waals surface area contributed by atoms with Gasteiger partial charge in [0.2, 0.25) is 0 Å². The molecule has 2 aliphatic rings. The van der Waals surface area contributed by atoms with Crippen molar-refractivity contribution in [3.63, 3.8) is 0 Å². The van der Waals surface area contributed by atoms with Crippen molar-refractivity contribution in [2.45, 2.75) is 53.6 Å². The number of carbonyl (C=O) groups is 2. The quantitative estimate of drug-likeness (QED) is 0.583. The van der Waals surface area contributed by atoms with Gasteiger partial charge in [-0.15, -0.1) is 0 Å². The summed E-state index contributed by atoms with van der Waals surface area (Å²) in [7, 11) is 0. The first-order valence-electron chi connectivity index (χ1n) is 8.36. The predicted molar refractivity (Wildman–Crippen MR) is 87.2 cm³/mol. The average Bonchev–Trinajstić information content (AvgIpc) is 2.47. The zero-order valence-electron chi connectivity index (χ0n) is 14.3. The van der Waals surface area contributed by atoms with E-state index in [1.807, 2.05) is 20.8 Å². The summed E-state index contributed by atoms with van der Waals surface area (Å²) in [6.07, 6.45) is 8.80. The summed E-state index contributed by atoms with van der Waals surface area (Å²) in [4.78, 5) is 24.1. The summed E-state index contributed by atoms with van der Waals surface area (Å²) in [6, 6.07) is 0. The Hall–Kier alpha value is -1.38. The molecule has 3 nitrogen and oxygen atoms in total. The van der Waals surface area contributed by atoms with Gasteiger partial charge >= 0.3 is 5.97 Å². The molecule has 0 aliphatic heterocycles. The minimum atomic E-state index is -0.475. The van der Waals surface area contributed by atoms with Crippen LogP contribution in [0.5, 0.6) is 0 Å². The third-order valence-corrected chi connectivity index (χ3v) is 5.33. The van der Waals surface area contributed by atoms with Gasteiger partial charge in [-0.3, -0.25) is 4.79 Å². The Kier molecular flexibility index (Phi) is 4.93. The van der Waals surface area contributed by atoms with E-state index in [9.17, 15) is 9.59 Å². The minimum Gasteiger partial charge on any atom is -0.461 e. The molecule has 0 bridgehead atoms. The molecule has 0 N–H and O–H groups in total. The molecule has 5 atom stereocenters. The Labute approximate surface area is 133 Å². The van der Waals surface area contributed by atoms with Gasteiger partial charge in [-0.2, -0.15) is 0 Å². The Bertz CT molecular complexity index is 501. The maximum Gasteiger partial charge on any atom is 0.311 e. The Morgan fingerprint density at radius 2 is 2.09 bits per heavy atom. The highest BCUT2D eigenvalue weighted by Gasteiger charge is 2.42. The fraction of sp³-hybridized carbons (Fsp3) is 0.684. The van der Waals surface area contributed by atoms with Gasteiger partial charge in [-0.1, -0.05) is 39.0 Å². The molecule has 0 unspecified atom stereocenters. The van der Waals surface area contributed by atoms with E-state index in [1.54, 1.807) is 0 Å². The van der Waals surface area contributed by atoms with Crippen molar-refractivity contribution in [2.75, 3.05) is 0 Å². The number of carbonyl (C=O) groups excluding carboxylic acids is 2. The number of hydrogen-bond donors (Lipinski definition) is 0. The highest BCUT2D eigenvalue weighted by molar-refractivity contribution is 5.76. The molecule has 0 aromatic carbocycles. The lowest BCUT2D eigenvalue weighted by Crippen LogP contribution is -2.43. The highest BCUT2D eigenvalue weighted by atomic mass is 16.5. The molecule has 2 rings (SSSR count). The van der Waals surface area contributed by atoms with Gasteiger partial charge < -0.3 is 9.53 Å². The molecule has 0 aromatic rings. The SMILES string of the molecule is CCC(C)(C)C(=O)O[C@H]1C[C@H](C)C=C2C=C[C@H](C)[C@H](C=O)[C@@H]21. The standard InChI is InChI=1S/C19H28O3/c1-6-19(4,5)18(21)22-16-10-12(2)9-14-8-7-13(3)15(11-20)17(14)16/h7-9,11-13,15-17H,6,10H2,1-5H3/t12-,13+,15+,16+,17-/m1/s1. The summed E-state index contributed by atoms with van der Waals surface area (Å²) in [5.41, 5.74) is 0.679. The molecular weight excluding hydrogens is 276 g/mol.